The molecule has 2 aromatic rings. The molecule has 1 atom stereocenters. The Morgan fingerprint density at radius 2 is 1.10 bits per heavy atom. The van der Waals surface area contributed by atoms with Crippen LogP contribution in [0.25, 0.3) is 0 Å². The topological polar surface area (TPSA) is 220 Å². The number of hydrogen-bond acceptors (Lipinski definition) is 12. The van der Waals surface area contributed by atoms with Crippen molar-refractivity contribution in [3.63, 3.8) is 0 Å². The summed E-state index contributed by atoms with van der Waals surface area (Å²) in [6, 6.07) is 11.7. The highest BCUT2D eigenvalue weighted by molar-refractivity contribution is 6.11. The lowest BCUT2D eigenvalue weighted by molar-refractivity contribution is -0.165. The number of benzene rings is 2. The quantitative estimate of drug-likeness (QED) is 0.0874. The Morgan fingerprint density at radius 3 is 1.50 bits per heavy atom. The van der Waals surface area contributed by atoms with Gasteiger partial charge in [-0.15, -0.1) is 0 Å². The number of allylic oxidation sites excluding steroid dienone is 1. The molecule has 0 saturated heterocycles. The molecule has 256 valence electrons. The van der Waals surface area contributed by atoms with Gasteiger partial charge in [-0.1, -0.05) is 6.08 Å². The number of carboxylic acid groups (broad SMARTS) is 2. The van der Waals surface area contributed by atoms with Gasteiger partial charge in [0.2, 0.25) is 0 Å². The van der Waals surface area contributed by atoms with Crippen molar-refractivity contribution in [1.29, 1.82) is 0 Å². The van der Waals surface area contributed by atoms with Crippen LogP contribution in [-0.2, 0) is 28.7 Å². The highest BCUT2D eigenvalue weighted by Crippen LogP contribution is 2.36. The average Bonchev–Trinajstić information content (AvgIpc) is 3.03. The molecule has 14 heteroatoms. The second-order valence-electron chi connectivity index (χ2n) is 11.8. The molecule has 0 aromatic heterocycles. The molecule has 3 rings (SSSR count). The van der Waals surface area contributed by atoms with Crippen LogP contribution in [0.5, 0.6) is 11.5 Å². The summed E-state index contributed by atoms with van der Waals surface area (Å²) >= 11 is 0. The molecule has 14 nitrogen and oxygen atoms in total. The van der Waals surface area contributed by atoms with E-state index in [4.69, 9.17) is 18.9 Å². The lowest BCUT2D eigenvalue weighted by Gasteiger charge is -2.27. The van der Waals surface area contributed by atoms with Gasteiger partial charge in [-0.05, 0) is 88.7 Å². The lowest BCUT2D eigenvalue weighted by atomic mass is 9.77. The maximum atomic E-state index is 12.9. The van der Waals surface area contributed by atoms with Gasteiger partial charge in [0.25, 0.3) is 0 Å². The second kappa shape index (κ2) is 15.0. The van der Waals surface area contributed by atoms with Crippen LogP contribution in [0, 0.1) is 5.41 Å². The van der Waals surface area contributed by atoms with E-state index in [9.17, 15) is 49.2 Å². The summed E-state index contributed by atoms with van der Waals surface area (Å²) in [5.41, 5.74) is -6.28. The Kier molecular flexibility index (Phi) is 11.6. The molecular formula is C34H36O14. The molecule has 0 radical (unpaired) electrons. The fraction of sp³-hybridized carbons (Fsp3) is 0.353. The predicted molar refractivity (Wildman–Crippen MR) is 166 cm³/mol. The van der Waals surface area contributed by atoms with Crippen LogP contribution >= 0.6 is 0 Å². The molecule has 48 heavy (non-hydrogen) atoms. The van der Waals surface area contributed by atoms with E-state index in [1.807, 2.05) is 0 Å². The number of carbonyl (C=O) groups is 6. The van der Waals surface area contributed by atoms with E-state index in [0.717, 1.165) is 6.08 Å². The summed E-state index contributed by atoms with van der Waals surface area (Å²) in [6.07, 6.45) is 1.02. The maximum Gasteiger partial charge on any atom is 0.338 e. The fourth-order valence-corrected chi connectivity index (χ4v) is 4.41. The number of rotatable bonds is 16. The minimum absolute atomic E-state index is 0.152. The molecule has 0 fully saturated rings. The molecule has 2 aromatic carbocycles. The van der Waals surface area contributed by atoms with E-state index in [1.165, 1.54) is 76.2 Å². The minimum atomic E-state index is -2.45. The van der Waals surface area contributed by atoms with Crippen LogP contribution < -0.4 is 9.47 Å². The van der Waals surface area contributed by atoms with Gasteiger partial charge in [0.1, 0.15) is 49.1 Å². The smallest absolute Gasteiger partial charge is 0.338 e. The summed E-state index contributed by atoms with van der Waals surface area (Å²) in [5, 5.41) is 39.4. The van der Waals surface area contributed by atoms with Gasteiger partial charge in [-0.3, -0.25) is 19.2 Å². The Balaban J connectivity index is 1.56. The molecule has 0 aliphatic heterocycles. The van der Waals surface area contributed by atoms with Gasteiger partial charge < -0.3 is 39.4 Å². The molecular weight excluding hydrogens is 632 g/mol. The van der Waals surface area contributed by atoms with Crippen LogP contribution in [0.1, 0.15) is 54.8 Å². The number of aliphatic hydroxyl groups is 2. The third kappa shape index (κ3) is 9.14. The van der Waals surface area contributed by atoms with Crippen molar-refractivity contribution in [2.24, 2.45) is 5.41 Å². The highest BCUT2D eigenvalue weighted by Gasteiger charge is 2.49. The third-order valence-corrected chi connectivity index (χ3v) is 7.02. The SMILES string of the molecule is CC(C)(O)C(=O)c1ccc(OCCOC(=O)C2=CCC(C(=O)O)(C(=O)OCCOc3ccc(C(=O)C(C)(C)O)cc3)C=C2C(=O)O)cc1. The van der Waals surface area contributed by atoms with Crippen molar-refractivity contribution >= 4 is 35.4 Å². The van der Waals surface area contributed by atoms with E-state index < -0.39 is 76.2 Å². The number of ketones is 2. The zero-order valence-electron chi connectivity index (χ0n) is 26.7. The molecule has 1 aliphatic rings. The molecule has 0 heterocycles. The Morgan fingerprint density at radius 1 is 0.667 bits per heavy atom. The van der Waals surface area contributed by atoms with Gasteiger partial charge in [-0.25, -0.2) is 9.59 Å². The van der Waals surface area contributed by atoms with Gasteiger partial charge in [0.05, 0.1) is 11.1 Å². The Hall–Kier alpha value is -5.34. The molecule has 0 bridgehead atoms. The van der Waals surface area contributed by atoms with Crippen molar-refractivity contribution in [3.8, 4) is 11.5 Å². The summed E-state index contributed by atoms with van der Waals surface area (Å²) in [5.74, 6) is -6.11. The monoisotopic (exact) mass is 668 g/mol. The molecule has 0 amide bonds. The molecule has 1 aliphatic carbocycles. The molecule has 1 unspecified atom stereocenters. The van der Waals surface area contributed by atoms with E-state index in [0.29, 0.717) is 17.6 Å². The summed E-state index contributed by atoms with van der Waals surface area (Å²) in [6.45, 7) is 4.34. The van der Waals surface area contributed by atoms with Crippen molar-refractivity contribution in [2.45, 2.75) is 45.3 Å². The van der Waals surface area contributed by atoms with E-state index >= 15 is 0 Å². The number of hydrogen-bond donors (Lipinski definition) is 4. The standard InChI is InChI=1S/C34H36O14/c1-32(2,43)26(35)20-5-9-22(10-6-20)45-15-17-47-29(39)24-13-14-34(30(40)41,19-25(24)28(37)38)31(42)48-18-16-46-23-11-7-21(8-12-23)27(36)33(3,4)44/h5-13,19,43-44H,14-18H2,1-4H3,(H,37,38)(H,40,41). The Bertz CT molecular complexity index is 1620. The molecule has 0 spiro atoms. The van der Waals surface area contributed by atoms with Crippen LogP contribution in [0.3, 0.4) is 0 Å². The van der Waals surface area contributed by atoms with Crippen LogP contribution in [0.15, 0.2) is 71.8 Å². The van der Waals surface area contributed by atoms with Crippen molar-refractivity contribution in [1.82, 2.24) is 0 Å². The molecule has 0 saturated carbocycles. The van der Waals surface area contributed by atoms with Crippen LogP contribution in [0.2, 0.25) is 0 Å². The first kappa shape index (κ1) is 37.1. The minimum Gasteiger partial charge on any atom is -0.490 e. The summed E-state index contributed by atoms with van der Waals surface area (Å²) in [7, 11) is 0. The number of carboxylic acids is 2. The highest BCUT2D eigenvalue weighted by atomic mass is 16.6. The van der Waals surface area contributed by atoms with Gasteiger partial charge >= 0.3 is 23.9 Å². The third-order valence-electron chi connectivity index (χ3n) is 7.02. The number of Topliss-reactive ketones (excluding diaryl/α,β-unsaturated/α-hetero) is 2. The molecule has 4 N–H and O–H groups in total. The lowest BCUT2D eigenvalue weighted by Crippen LogP contribution is -2.42. The van der Waals surface area contributed by atoms with E-state index in [1.54, 1.807) is 0 Å². The Labute approximate surface area is 275 Å². The normalized spacial score (nSPS) is 16.1. The summed E-state index contributed by atoms with van der Waals surface area (Å²) in [4.78, 5) is 74.2. The number of carbonyl (C=O) groups excluding carboxylic acids is 4. The first-order valence-corrected chi connectivity index (χ1v) is 14.6. The first-order valence-electron chi connectivity index (χ1n) is 14.6. The van der Waals surface area contributed by atoms with Crippen molar-refractivity contribution in [3.05, 3.63) is 83.0 Å². The van der Waals surface area contributed by atoms with Crippen LogP contribution in [0.4, 0.5) is 0 Å². The summed E-state index contributed by atoms with van der Waals surface area (Å²) < 4.78 is 21.1. The average molecular weight is 669 g/mol. The first-order chi connectivity index (χ1) is 22.4. The number of esters is 2. The van der Waals surface area contributed by atoms with Crippen LogP contribution in [-0.4, -0.2) is 93.5 Å². The zero-order chi connectivity index (χ0) is 35.9. The van der Waals surface area contributed by atoms with Crippen molar-refractivity contribution in [2.75, 3.05) is 26.4 Å². The second-order valence-corrected chi connectivity index (χ2v) is 11.8. The predicted octanol–water partition coefficient (Wildman–Crippen LogP) is 2.55. The van der Waals surface area contributed by atoms with Gasteiger partial charge in [0.15, 0.2) is 17.0 Å². The van der Waals surface area contributed by atoms with Gasteiger partial charge in [-0.2, -0.15) is 0 Å². The largest absolute Gasteiger partial charge is 0.490 e. The fourth-order valence-electron chi connectivity index (χ4n) is 4.41. The van der Waals surface area contributed by atoms with E-state index in [-0.39, 0.29) is 30.9 Å². The maximum absolute atomic E-state index is 12.9. The van der Waals surface area contributed by atoms with Crippen molar-refractivity contribution < 1.29 is 68.1 Å². The van der Waals surface area contributed by atoms with Gasteiger partial charge in [0, 0.05) is 11.1 Å². The van der Waals surface area contributed by atoms with E-state index in [2.05, 4.69) is 0 Å². The number of aliphatic carboxylic acids is 2. The zero-order valence-corrected chi connectivity index (χ0v) is 26.7. The number of ether oxygens (including phenoxy) is 4.